The van der Waals surface area contributed by atoms with Crippen molar-refractivity contribution in [3.63, 3.8) is 0 Å². The number of nitrogens with one attached hydrogen (secondary N) is 1. The summed E-state index contributed by atoms with van der Waals surface area (Å²) in [6.07, 6.45) is 5.06. The fraction of sp³-hybridized carbons (Fsp3) is 0.368. The van der Waals surface area contributed by atoms with E-state index in [9.17, 15) is 0 Å². The fourth-order valence-electron chi connectivity index (χ4n) is 2.96. The van der Waals surface area contributed by atoms with Crippen LogP contribution in [-0.2, 0) is 6.42 Å². The number of hydrogen-bond acceptors (Lipinski definition) is 2. The molecule has 0 aliphatic carbocycles. The Balaban J connectivity index is 1.52. The van der Waals surface area contributed by atoms with Crippen molar-refractivity contribution in [2.75, 3.05) is 13.1 Å². The molecule has 122 valence electrons. The van der Waals surface area contributed by atoms with E-state index in [0.29, 0.717) is 5.02 Å². The van der Waals surface area contributed by atoms with Crippen LogP contribution in [0.25, 0.3) is 0 Å². The van der Waals surface area contributed by atoms with Gasteiger partial charge in [-0.3, -0.25) is 0 Å². The molecule has 2 aromatic carbocycles. The number of hydrogen-bond donors (Lipinski definition) is 1. The monoisotopic (exact) mass is 393 g/mol. The molecule has 0 bridgehead atoms. The van der Waals surface area contributed by atoms with Crippen LogP contribution in [-0.4, -0.2) is 13.1 Å². The second-order valence-electron chi connectivity index (χ2n) is 6.07. The number of halogens is 2. The summed E-state index contributed by atoms with van der Waals surface area (Å²) in [5.41, 5.74) is 1.37. The van der Waals surface area contributed by atoms with Gasteiger partial charge in [-0.1, -0.05) is 23.7 Å². The molecule has 1 aliphatic rings. The van der Waals surface area contributed by atoms with E-state index in [2.05, 4.69) is 33.4 Å². The van der Waals surface area contributed by atoms with Gasteiger partial charge < -0.3 is 10.1 Å². The summed E-state index contributed by atoms with van der Waals surface area (Å²) >= 11 is 9.42. The van der Waals surface area contributed by atoms with Crippen LogP contribution in [0.2, 0.25) is 5.02 Å². The van der Waals surface area contributed by atoms with Crippen LogP contribution in [0.5, 0.6) is 11.5 Å². The zero-order valence-electron chi connectivity index (χ0n) is 13.0. The van der Waals surface area contributed by atoms with Crippen molar-refractivity contribution in [3.8, 4) is 11.5 Å². The Bertz CT molecular complexity index is 638. The molecule has 0 amide bonds. The minimum Gasteiger partial charge on any atom is -0.456 e. The van der Waals surface area contributed by atoms with Gasteiger partial charge in [0.1, 0.15) is 11.5 Å². The van der Waals surface area contributed by atoms with Gasteiger partial charge in [0, 0.05) is 5.02 Å². The van der Waals surface area contributed by atoms with Gasteiger partial charge in [0.05, 0.1) is 4.47 Å². The molecular weight excluding hydrogens is 374 g/mol. The van der Waals surface area contributed by atoms with Gasteiger partial charge in [-0.2, -0.15) is 0 Å². The molecule has 0 saturated carbocycles. The number of rotatable bonds is 6. The topological polar surface area (TPSA) is 21.3 Å². The predicted octanol–water partition coefficient (Wildman–Crippen LogP) is 5.83. The smallest absolute Gasteiger partial charge is 0.141 e. The van der Waals surface area contributed by atoms with Crippen LogP contribution in [0.3, 0.4) is 0 Å². The number of aryl methyl sites for hydroxylation is 1. The predicted molar refractivity (Wildman–Crippen MR) is 99.6 cm³/mol. The SMILES string of the molecule is Clc1ccc(Oc2ccc(CCCC3CCNC3)cc2)c(Br)c1. The van der Waals surface area contributed by atoms with Gasteiger partial charge in [-0.05, 0) is 96.5 Å². The molecule has 0 radical (unpaired) electrons. The highest BCUT2D eigenvalue weighted by Gasteiger charge is 2.13. The van der Waals surface area contributed by atoms with Crippen LogP contribution in [0.4, 0.5) is 0 Å². The quantitative estimate of drug-likeness (QED) is 0.666. The molecule has 4 heteroatoms. The molecule has 1 atom stereocenters. The third-order valence-electron chi connectivity index (χ3n) is 4.29. The van der Waals surface area contributed by atoms with Crippen molar-refractivity contribution in [1.29, 1.82) is 0 Å². The lowest BCUT2D eigenvalue weighted by Crippen LogP contribution is -2.08. The van der Waals surface area contributed by atoms with Gasteiger partial charge in [-0.25, -0.2) is 0 Å². The van der Waals surface area contributed by atoms with Crippen molar-refractivity contribution in [3.05, 3.63) is 57.5 Å². The summed E-state index contributed by atoms with van der Waals surface area (Å²) in [7, 11) is 0. The van der Waals surface area contributed by atoms with E-state index in [-0.39, 0.29) is 0 Å². The first-order chi connectivity index (χ1) is 11.2. The molecule has 3 rings (SSSR count). The van der Waals surface area contributed by atoms with Crippen molar-refractivity contribution in [2.24, 2.45) is 5.92 Å². The first-order valence-corrected chi connectivity index (χ1v) is 9.30. The minimum atomic E-state index is 0.692. The molecule has 0 spiro atoms. The molecule has 23 heavy (non-hydrogen) atoms. The third kappa shape index (κ3) is 4.97. The maximum absolute atomic E-state index is 5.95. The number of ether oxygens (including phenoxy) is 1. The molecule has 1 unspecified atom stereocenters. The van der Waals surface area contributed by atoms with Crippen LogP contribution in [0.1, 0.15) is 24.8 Å². The maximum atomic E-state index is 5.95. The third-order valence-corrected chi connectivity index (χ3v) is 5.14. The molecule has 1 saturated heterocycles. The highest BCUT2D eigenvalue weighted by atomic mass is 79.9. The van der Waals surface area contributed by atoms with E-state index in [1.807, 2.05) is 30.3 Å². The lowest BCUT2D eigenvalue weighted by molar-refractivity contribution is 0.479. The van der Waals surface area contributed by atoms with Gasteiger partial charge in [-0.15, -0.1) is 0 Å². The molecule has 1 heterocycles. The Hall–Kier alpha value is -1.03. The van der Waals surface area contributed by atoms with Gasteiger partial charge in [0.25, 0.3) is 0 Å². The van der Waals surface area contributed by atoms with Crippen molar-refractivity contribution in [1.82, 2.24) is 5.32 Å². The Morgan fingerprint density at radius 1 is 1.17 bits per heavy atom. The second kappa shape index (κ2) is 8.18. The molecular formula is C19H21BrClNO. The highest BCUT2D eigenvalue weighted by molar-refractivity contribution is 9.10. The van der Waals surface area contributed by atoms with Gasteiger partial charge in [0.15, 0.2) is 0 Å². The fourth-order valence-corrected chi connectivity index (χ4v) is 3.73. The Kier molecular flexibility index (Phi) is 5.98. The van der Waals surface area contributed by atoms with Crippen molar-refractivity contribution < 1.29 is 4.74 Å². The first kappa shape index (κ1) is 16.8. The van der Waals surface area contributed by atoms with Crippen molar-refractivity contribution in [2.45, 2.75) is 25.7 Å². The molecule has 2 nitrogen and oxygen atoms in total. The van der Waals surface area contributed by atoms with E-state index >= 15 is 0 Å². The Morgan fingerprint density at radius 3 is 2.70 bits per heavy atom. The maximum Gasteiger partial charge on any atom is 0.141 e. The Morgan fingerprint density at radius 2 is 2.00 bits per heavy atom. The first-order valence-electron chi connectivity index (χ1n) is 8.13. The van der Waals surface area contributed by atoms with Crippen LogP contribution in [0.15, 0.2) is 46.9 Å². The standard InChI is InChI=1S/C19H21BrClNO/c20-18-12-16(21)6-9-19(18)23-17-7-4-14(5-8-17)2-1-3-15-10-11-22-13-15/h4-9,12,15,22H,1-3,10-11,13H2. The van der Waals surface area contributed by atoms with E-state index < -0.39 is 0 Å². The zero-order valence-corrected chi connectivity index (χ0v) is 15.4. The second-order valence-corrected chi connectivity index (χ2v) is 7.36. The Labute approximate surface area is 151 Å². The molecule has 2 aromatic rings. The van der Waals surface area contributed by atoms with Crippen molar-refractivity contribution >= 4 is 27.5 Å². The summed E-state index contributed by atoms with van der Waals surface area (Å²) < 4.78 is 6.75. The summed E-state index contributed by atoms with van der Waals surface area (Å²) in [6.45, 7) is 2.39. The molecule has 1 fully saturated rings. The van der Waals surface area contributed by atoms with Crippen LogP contribution in [0, 0.1) is 5.92 Å². The lowest BCUT2D eigenvalue weighted by atomic mass is 9.99. The average Bonchev–Trinajstić information content (AvgIpc) is 3.05. The highest BCUT2D eigenvalue weighted by Crippen LogP contribution is 2.32. The summed E-state index contributed by atoms with van der Waals surface area (Å²) in [4.78, 5) is 0. The lowest BCUT2D eigenvalue weighted by Gasteiger charge is -2.10. The average molecular weight is 395 g/mol. The summed E-state index contributed by atoms with van der Waals surface area (Å²) in [6, 6.07) is 13.9. The molecule has 0 aromatic heterocycles. The normalized spacial score (nSPS) is 17.4. The van der Waals surface area contributed by atoms with E-state index in [4.69, 9.17) is 16.3 Å². The summed E-state index contributed by atoms with van der Waals surface area (Å²) in [5.74, 6) is 2.49. The van der Waals surface area contributed by atoms with Crippen LogP contribution >= 0.6 is 27.5 Å². The van der Waals surface area contributed by atoms with Gasteiger partial charge >= 0.3 is 0 Å². The molecule has 1 N–H and O–H groups in total. The zero-order chi connectivity index (χ0) is 16.1. The van der Waals surface area contributed by atoms with E-state index in [0.717, 1.165) is 28.3 Å². The largest absolute Gasteiger partial charge is 0.456 e. The van der Waals surface area contributed by atoms with Gasteiger partial charge in [0.2, 0.25) is 0 Å². The van der Waals surface area contributed by atoms with E-state index in [1.54, 1.807) is 0 Å². The van der Waals surface area contributed by atoms with E-state index in [1.165, 1.54) is 37.9 Å². The number of benzene rings is 2. The van der Waals surface area contributed by atoms with Crippen LogP contribution < -0.4 is 10.1 Å². The molecule has 1 aliphatic heterocycles. The minimum absolute atomic E-state index is 0.692. The summed E-state index contributed by atoms with van der Waals surface area (Å²) in [5, 5.41) is 4.12.